The quantitative estimate of drug-likeness (QED) is 0.499. The van der Waals surface area contributed by atoms with Crippen molar-refractivity contribution in [2.45, 2.75) is 44.9 Å². The number of carbonyl (C=O) groups excluding carboxylic acids is 1. The average molecular weight is 195 g/mol. The van der Waals surface area contributed by atoms with E-state index in [1.165, 1.54) is 25.7 Å². The topological polar surface area (TPSA) is 20.3 Å². The maximum Gasteiger partial charge on any atom is 0.222 e. The van der Waals surface area contributed by atoms with E-state index in [1.807, 2.05) is 11.0 Å². The third kappa shape index (κ3) is 3.95. The van der Waals surface area contributed by atoms with Crippen LogP contribution in [0.4, 0.5) is 0 Å². The minimum atomic E-state index is 0.341. The number of hydrogen-bond donors (Lipinski definition) is 0. The lowest BCUT2D eigenvalue weighted by atomic mass is 10.2. The van der Waals surface area contributed by atoms with E-state index in [2.05, 4.69) is 6.58 Å². The minimum Gasteiger partial charge on any atom is -0.343 e. The molecule has 2 heteroatoms. The Morgan fingerprint density at radius 2 is 1.86 bits per heavy atom. The van der Waals surface area contributed by atoms with Crippen LogP contribution in [0.2, 0.25) is 0 Å². The van der Waals surface area contributed by atoms with Gasteiger partial charge in [0.05, 0.1) is 0 Å². The van der Waals surface area contributed by atoms with Crippen molar-refractivity contribution in [3.63, 3.8) is 0 Å². The third-order valence-electron chi connectivity index (χ3n) is 2.76. The number of hydrogen-bond acceptors (Lipinski definition) is 1. The number of rotatable bonds is 4. The molecule has 0 unspecified atom stereocenters. The van der Waals surface area contributed by atoms with Crippen LogP contribution in [-0.4, -0.2) is 23.9 Å². The summed E-state index contributed by atoms with van der Waals surface area (Å²) in [5.41, 5.74) is 0. The zero-order chi connectivity index (χ0) is 10.2. The van der Waals surface area contributed by atoms with Gasteiger partial charge in [0.15, 0.2) is 0 Å². The molecule has 1 aliphatic rings. The molecule has 0 N–H and O–H groups in total. The van der Waals surface area contributed by atoms with Crippen molar-refractivity contribution in [2.75, 3.05) is 13.1 Å². The van der Waals surface area contributed by atoms with Gasteiger partial charge in [0, 0.05) is 19.5 Å². The van der Waals surface area contributed by atoms with Crippen LogP contribution in [0.3, 0.4) is 0 Å². The molecule has 14 heavy (non-hydrogen) atoms. The zero-order valence-electron chi connectivity index (χ0n) is 9.00. The molecule has 80 valence electrons. The number of likely N-dealkylation sites (tertiary alicyclic amines) is 1. The Morgan fingerprint density at radius 1 is 1.21 bits per heavy atom. The van der Waals surface area contributed by atoms with Gasteiger partial charge >= 0.3 is 0 Å². The van der Waals surface area contributed by atoms with Gasteiger partial charge in [0.2, 0.25) is 5.91 Å². The van der Waals surface area contributed by atoms with E-state index in [-0.39, 0.29) is 0 Å². The van der Waals surface area contributed by atoms with E-state index >= 15 is 0 Å². The molecule has 0 bridgehead atoms. The van der Waals surface area contributed by atoms with Crippen molar-refractivity contribution >= 4 is 5.91 Å². The van der Waals surface area contributed by atoms with Crippen molar-refractivity contribution in [1.82, 2.24) is 4.90 Å². The van der Waals surface area contributed by atoms with Crippen molar-refractivity contribution in [1.29, 1.82) is 0 Å². The summed E-state index contributed by atoms with van der Waals surface area (Å²) >= 11 is 0. The molecule has 1 rings (SSSR count). The molecule has 1 amide bonds. The minimum absolute atomic E-state index is 0.341. The highest BCUT2D eigenvalue weighted by Gasteiger charge is 2.14. The maximum absolute atomic E-state index is 11.7. The van der Waals surface area contributed by atoms with Crippen LogP contribution in [-0.2, 0) is 4.79 Å². The summed E-state index contributed by atoms with van der Waals surface area (Å²) in [7, 11) is 0. The lowest BCUT2D eigenvalue weighted by Gasteiger charge is -2.19. The lowest BCUT2D eigenvalue weighted by molar-refractivity contribution is -0.131. The predicted octanol–water partition coefficient (Wildman–Crippen LogP) is 2.75. The van der Waals surface area contributed by atoms with Gasteiger partial charge in [0.25, 0.3) is 0 Å². The smallest absolute Gasteiger partial charge is 0.222 e. The highest BCUT2D eigenvalue weighted by molar-refractivity contribution is 5.76. The highest BCUT2D eigenvalue weighted by atomic mass is 16.2. The molecule has 1 fully saturated rings. The second-order valence-electron chi connectivity index (χ2n) is 3.98. The molecular formula is C12H21NO. The standard InChI is InChI=1S/C12H21NO/c1-2-3-6-9-12(14)13-10-7-4-5-8-11-13/h2H,1,3-11H2. The number of carbonyl (C=O) groups is 1. The summed E-state index contributed by atoms with van der Waals surface area (Å²) in [6.45, 7) is 5.62. The molecule has 1 heterocycles. The molecule has 0 aliphatic carbocycles. The van der Waals surface area contributed by atoms with Crippen LogP contribution in [0.25, 0.3) is 0 Å². The molecule has 0 spiro atoms. The van der Waals surface area contributed by atoms with Gasteiger partial charge < -0.3 is 4.90 Å². The number of amides is 1. The van der Waals surface area contributed by atoms with E-state index in [9.17, 15) is 4.79 Å². The Kier molecular flexibility index (Phi) is 5.35. The first-order chi connectivity index (χ1) is 6.84. The number of nitrogens with zero attached hydrogens (tertiary/aromatic N) is 1. The van der Waals surface area contributed by atoms with E-state index in [0.29, 0.717) is 12.3 Å². The average Bonchev–Trinajstić information content (AvgIpc) is 2.46. The summed E-state index contributed by atoms with van der Waals surface area (Å²) in [5, 5.41) is 0. The van der Waals surface area contributed by atoms with Gasteiger partial charge in [-0.3, -0.25) is 4.79 Å². The summed E-state index contributed by atoms with van der Waals surface area (Å²) < 4.78 is 0. The SMILES string of the molecule is C=CCCCC(=O)N1CCCCCC1. The van der Waals surface area contributed by atoms with Crippen LogP contribution in [0.5, 0.6) is 0 Å². The lowest BCUT2D eigenvalue weighted by Crippen LogP contribution is -2.31. The molecule has 1 saturated heterocycles. The molecule has 0 aromatic rings. The van der Waals surface area contributed by atoms with Gasteiger partial charge in [-0.1, -0.05) is 18.9 Å². The fourth-order valence-electron chi connectivity index (χ4n) is 1.88. The van der Waals surface area contributed by atoms with Gasteiger partial charge in [-0.15, -0.1) is 6.58 Å². The van der Waals surface area contributed by atoms with Gasteiger partial charge in [-0.2, -0.15) is 0 Å². The molecule has 2 nitrogen and oxygen atoms in total. The van der Waals surface area contributed by atoms with Gasteiger partial charge in [-0.25, -0.2) is 0 Å². The summed E-state index contributed by atoms with van der Waals surface area (Å²) in [6, 6.07) is 0. The van der Waals surface area contributed by atoms with Crippen LogP contribution in [0.1, 0.15) is 44.9 Å². The maximum atomic E-state index is 11.7. The predicted molar refractivity (Wildman–Crippen MR) is 59.1 cm³/mol. The van der Waals surface area contributed by atoms with E-state index in [1.54, 1.807) is 0 Å². The first-order valence-electron chi connectivity index (χ1n) is 5.73. The largest absolute Gasteiger partial charge is 0.343 e. The van der Waals surface area contributed by atoms with Crippen molar-refractivity contribution in [2.24, 2.45) is 0 Å². The van der Waals surface area contributed by atoms with E-state index in [0.717, 1.165) is 25.9 Å². The first-order valence-corrected chi connectivity index (χ1v) is 5.73. The van der Waals surface area contributed by atoms with Gasteiger partial charge in [-0.05, 0) is 25.7 Å². The Balaban J connectivity index is 2.23. The van der Waals surface area contributed by atoms with Gasteiger partial charge in [0.1, 0.15) is 0 Å². The van der Waals surface area contributed by atoms with Crippen molar-refractivity contribution in [3.8, 4) is 0 Å². The van der Waals surface area contributed by atoms with Crippen LogP contribution in [0, 0.1) is 0 Å². The van der Waals surface area contributed by atoms with Crippen molar-refractivity contribution in [3.05, 3.63) is 12.7 Å². The molecule has 0 saturated carbocycles. The Hall–Kier alpha value is -0.790. The molecular weight excluding hydrogens is 174 g/mol. The molecule has 0 aromatic carbocycles. The second kappa shape index (κ2) is 6.63. The summed E-state index contributed by atoms with van der Waals surface area (Å²) in [6.07, 6.45) is 9.45. The molecule has 0 aromatic heterocycles. The zero-order valence-corrected chi connectivity index (χ0v) is 9.00. The third-order valence-corrected chi connectivity index (χ3v) is 2.76. The van der Waals surface area contributed by atoms with Crippen molar-refractivity contribution < 1.29 is 4.79 Å². The number of allylic oxidation sites excluding steroid dienone is 1. The Bertz CT molecular complexity index is 181. The summed E-state index contributed by atoms with van der Waals surface area (Å²) in [5.74, 6) is 0.341. The second-order valence-corrected chi connectivity index (χ2v) is 3.98. The fourth-order valence-corrected chi connectivity index (χ4v) is 1.88. The van der Waals surface area contributed by atoms with Crippen LogP contribution >= 0.6 is 0 Å². The monoisotopic (exact) mass is 195 g/mol. The number of unbranched alkanes of at least 4 members (excludes halogenated alkanes) is 1. The summed E-state index contributed by atoms with van der Waals surface area (Å²) in [4.78, 5) is 13.8. The Labute approximate surface area is 87.0 Å². The first kappa shape index (κ1) is 11.3. The Morgan fingerprint density at radius 3 is 2.43 bits per heavy atom. The van der Waals surface area contributed by atoms with Crippen LogP contribution < -0.4 is 0 Å². The molecule has 1 aliphatic heterocycles. The normalized spacial score (nSPS) is 17.6. The van der Waals surface area contributed by atoms with E-state index < -0.39 is 0 Å². The fraction of sp³-hybridized carbons (Fsp3) is 0.750. The molecule has 0 radical (unpaired) electrons. The van der Waals surface area contributed by atoms with E-state index in [4.69, 9.17) is 0 Å². The highest BCUT2D eigenvalue weighted by Crippen LogP contribution is 2.11. The van der Waals surface area contributed by atoms with Crippen LogP contribution in [0.15, 0.2) is 12.7 Å². The molecule has 0 atom stereocenters.